The van der Waals surface area contributed by atoms with Crippen molar-refractivity contribution in [1.29, 1.82) is 0 Å². The highest BCUT2D eigenvalue weighted by Gasteiger charge is 2.28. The number of hydrogen-bond acceptors (Lipinski definition) is 5. The monoisotopic (exact) mass is 505 g/mol. The highest BCUT2D eigenvalue weighted by molar-refractivity contribution is 7.12. The quantitative estimate of drug-likeness (QED) is 0.270. The summed E-state index contributed by atoms with van der Waals surface area (Å²) in [5.41, 5.74) is 2.33. The third kappa shape index (κ3) is 5.34. The largest absolute Gasteiger partial charge is 0.439 e. The lowest BCUT2D eigenvalue weighted by molar-refractivity contribution is 0.0509. The fourth-order valence-corrected chi connectivity index (χ4v) is 5.07. The normalized spacial score (nSPS) is 15.2. The molecule has 1 saturated heterocycles. The standard InChI is InChI=1S/C28H28FN3O3S/c1-2-25-24(19-31(18-23-10-6-16-34-23)27(33)26-11-7-17-36-26)28(35-22-8-4-3-5-9-22)32(30-25)21-14-12-20(29)13-15-21/h3-5,7-9,11-15,17,23H,2,6,10,16,18-19H2,1H3/t23-/m0/s1. The molecule has 1 aliphatic heterocycles. The van der Waals surface area contributed by atoms with Crippen LogP contribution in [0.5, 0.6) is 11.6 Å². The molecule has 6 nitrogen and oxygen atoms in total. The Kier molecular flexibility index (Phi) is 7.44. The van der Waals surface area contributed by atoms with Crippen LogP contribution in [0.25, 0.3) is 5.69 Å². The van der Waals surface area contributed by atoms with Gasteiger partial charge in [-0.1, -0.05) is 31.2 Å². The number of amides is 1. The van der Waals surface area contributed by atoms with Gasteiger partial charge in [0, 0.05) is 13.2 Å². The molecule has 0 aliphatic carbocycles. The second kappa shape index (κ2) is 11.1. The van der Waals surface area contributed by atoms with Crippen LogP contribution in [-0.4, -0.2) is 39.8 Å². The Balaban J connectivity index is 1.57. The minimum atomic E-state index is -0.323. The molecule has 0 N–H and O–H groups in total. The molecule has 1 aliphatic rings. The van der Waals surface area contributed by atoms with Crippen LogP contribution in [0.15, 0.2) is 72.1 Å². The maximum atomic E-state index is 13.7. The second-order valence-electron chi connectivity index (χ2n) is 8.69. The summed E-state index contributed by atoms with van der Waals surface area (Å²) in [4.78, 5) is 16.1. The molecular formula is C28H28FN3O3S. The lowest BCUT2D eigenvalue weighted by atomic mass is 10.1. The number of para-hydroxylation sites is 1. The minimum Gasteiger partial charge on any atom is -0.439 e. The number of hydrogen-bond donors (Lipinski definition) is 0. The Morgan fingerprint density at radius 3 is 2.64 bits per heavy atom. The smallest absolute Gasteiger partial charge is 0.264 e. The molecule has 186 valence electrons. The molecule has 0 radical (unpaired) electrons. The van der Waals surface area contributed by atoms with E-state index in [1.807, 2.05) is 59.7 Å². The summed E-state index contributed by atoms with van der Waals surface area (Å²) < 4.78 is 27.6. The lowest BCUT2D eigenvalue weighted by Gasteiger charge is -2.25. The number of halogens is 1. The summed E-state index contributed by atoms with van der Waals surface area (Å²) in [6.07, 6.45) is 2.58. The Hall–Kier alpha value is -3.49. The number of nitrogens with zero attached hydrogens (tertiary/aromatic N) is 3. The molecule has 0 spiro atoms. The zero-order chi connectivity index (χ0) is 24.9. The van der Waals surface area contributed by atoms with Gasteiger partial charge in [-0.2, -0.15) is 5.10 Å². The highest BCUT2D eigenvalue weighted by Crippen LogP contribution is 2.33. The van der Waals surface area contributed by atoms with Gasteiger partial charge in [-0.25, -0.2) is 9.07 Å². The number of carbonyl (C=O) groups is 1. The third-order valence-corrected chi connectivity index (χ3v) is 7.06. The summed E-state index contributed by atoms with van der Waals surface area (Å²) in [6.45, 7) is 3.56. The zero-order valence-electron chi connectivity index (χ0n) is 20.1. The second-order valence-corrected chi connectivity index (χ2v) is 9.63. The van der Waals surface area contributed by atoms with Crippen LogP contribution >= 0.6 is 11.3 Å². The Morgan fingerprint density at radius 1 is 1.17 bits per heavy atom. The molecule has 0 unspecified atom stereocenters. The zero-order valence-corrected chi connectivity index (χ0v) is 20.9. The number of ether oxygens (including phenoxy) is 2. The van der Waals surface area contributed by atoms with Crippen LogP contribution in [-0.2, 0) is 17.7 Å². The third-order valence-electron chi connectivity index (χ3n) is 6.20. The van der Waals surface area contributed by atoms with Crippen molar-refractivity contribution < 1.29 is 18.7 Å². The van der Waals surface area contributed by atoms with Gasteiger partial charge in [0.1, 0.15) is 11.6 Å². The van der Waals surface area contributed by atoms with Crippen molar-refractivity contribution in [3.05, 3.63) is 94.1 Å². The van der Waals surface area contributed by atoms with E-state index in [0.717, 1.165) is 30.7 Å². The summed E-state index contributed by atoms with van der Waals surface area (Å²) in [7, 11) is 0. The summed E-state index contributed by atoms with van der Waals surface area (Å²) in [5, 5.41) is 6.74. The molecule has 1 fully saturated rings. The first-order valence-corrected chi connectivity index (χ1v) is 13.0. The van der Waals surface area contributed by atoms with Crippen LogP contribution in [0.4, 0.5) is 4.39 Å². The van der Waals surface area contributed by atoms with Crippen molar-refractivity contribution in [3.8, 4) is 17.3 Å². The molecule has 0 bridgehead atoms. The van der Waals surface area contributed by atoms with E-state index in [4.69, 9.17) is 14.6 Å². The van der Waals surface area contributed by atoms with Crippen molar-refractivity contribution >= 4 is 17.2 Å². The number of rotatable bonds is 9. The molecule has 2 aromatic carbocycles. The fourth-order valence-electron chi connectivity index (χ4n) is 4.38. The number of aryl methyl sites for hydroxylation is 1. The van der Waals surface area contributed by atoms with E-state index in [9.17, 15) is 9.18 Å². The van der Waals surface area contributed by atoms with Crippen molar-refractivity contribution in [2.45, 2.75) is 38.8 Å². The Bertz CT molecular complexity index is 1280. The molecular weight excluding hydrogens is 477 g/mol. The number of carbonyl (C=O) groups excluding carboxylic acids is 1. The topological polar surface area (TPSA) is 56.6 Å². The van der Waals surface area contributed by atoms with Gasteiger partial charge >= 0.3 is 0 Å². The maximum Gasteiger partial charge on any atom is 0.264 e. The average Bonchev–Trinajstić information content (AvgIpc) is 3.67. The van der Waals surface area contributed by atoms with Gasteiger partial charge in [0.25, 0.3) is 5.91 Å². The molecule has 8 heteroatoms. The van der Waals surface area contributed by atoms with Crippen LogP contribution < -0.4 is 4.74 Å². The minimum absolute atomic E-state index is 0.00428. The van der Waals surface area contributed by atoms with Gasteiger partial charge in [-0.05, 0) is 67.1 Å². The Labute approximate surface area is 213 Å². The van der Waals surface area contributed by atoms with E-state index in [-0.39, 0.29) is 17.8 Å². The first-order valence-electron chi connectivity index (χ1n) is 12.2. The summed E-state index contributed by atoms with van der Waals surface area (Å²) in [6, 6.07) is 19.3. The first kappa shape index (κ1) is 24.2. The molecule has 1 amide bonds. The Morgan fingerprint density at radius 2 is 1.97 bits per heavy atom. The predicted molar refractivity (Wildman–Crippen MR) is 137 cm³/mol. The van der Waals surface area contributed by atoms with E-state index in [0.29, 0.717) is 41.7 Å². The average molecular weight is 506 g/mol. The van der Waals surface area contributed by atoms with E-state index < -0.39 is 0 Å². The van der Waals surface area contributed by atoms with Crippen molar-refractivity contribution in [2.24, 2.45) is 0 Å². The van der Waals surface area contributed by atoms with Gasteiger partial charge in [0.15, 0.2) is 0 Å². The molecule has 2 aromatic heterocycles. The first-order chi connectivity index (χ1) is 17.6. The highest BCUT2D eigenvalue weighted by atomic mass is 32.1. The van der Waals surface area contributed by atoms with Gasteiger partial charge in [0.2, 0.25) is 5.88 Å². The molecule has 0 saturated carbocycles. The van der Waals surface area contributed by atoms with Gasteiger partial charge in [-0.15, -0.1) is 11.3 Å². The van der Waals surface area contributed by atoms with E-state index in [1.54, 1.807) is 16.8 Å². The maximum absolute atomic E-state index is 13.7. The molecule has 5 rings (SSSR count). The van der Waals surface area contributed by atoms with E-state index in [1.165, 1.54) is 23.5 Å². The molecule has 4 aromatic rings. The number of benzene rings is 2. The van der Waals surface area contributed by atoms with Crippen molar-refractivity contribution in [2.75, 3.05) is 13.2 Å². The van der Waals surface area contributed by atoms with Crippen LogP contribution in [0.2, 0.25) is 0 Å². The van der Waals surface area contributed by atoms with Gasteiger partial charge in [0.05, 0.1) is 34.5 Å². The van der Waals surface area contributed by atoms with Crippen LogP contribution in [0, 0.1) is 5.82 Å². The van der Waals surface area contributed by atoms with Crippen molar-refractivity contribution in [3.63, 3.8) is 0 Å². The number of aromatic nitrogens is 2. The predicted octanol–water partition coefficient (Wildman–Crippen LogP) is 6.25. The summed E-state index contributed by atoms with van der Waals surface area (Å²) in [5.74, 6) is 0.806. The molecule has 3 heterocycles. The SMILES string of the molecule is CCc1nn(-c2ccc(F)cc2)c(Oc2ccccc2)c1CN(C[C@@H]1CCCO1)C(=O)c1cccs1. The number of thiophene rings is 1. The van der Waals surface area contributed by atoms with Crippen molar-refractivity contribution in [1.82, 2.24) is 14.7 Å². The van der Waals surface area contributed by atoms with Crippen LogP contribution in [0.3, 0.4) is 0 Å². The van der Waals surface area contributed by atoms with E-state index in [2.05, 4.69) is 0 Å². The van der Waals surface area contributed by atoms with Crippen LogP contribution in [0.1, 0.15) is 40.7 Å². The molecule has 36 heavy (non-hydrogen) atoms. The summed E-state index contributed by atoms with van der Waals surface area (Å²) >= 11 is 1.43. The van der Waals surface area contributed by atoms with Gasteiger partial charge < -0.3 is 14.4 Å². The van der Waals surface area contributed by atoms with Gasteiger partial charge in [-0.3, -0.25) is 4.79 Å². The fraction of sp³-hybridized carbons (Fsp3) is 0.286. The molecule has 1 atom stereocenters. The lowest BCUT2D eigenvalue weighted by Crippen LogP contribution is -2.36. The van der Waals surface area contributed by atoms with E-state index >= 15 is 0 Å².